The van der Waals surface area contributed by atoms with Gasteiger partial charge in [-0.25, -0.2) is 9.97 Å². The quantitative estimate of drug-likeness (QED) is 0.506. The van der Waals surface area contributed by atoms with Crippen LogP contribution in [-0.2, 0) is 29.4 Å². The molecular weight excluding hydrogens is 410 g/mol. The van der Waals surface area contributed by atoms with Crippen molar-refractivity contribution in [2.75, 3.05) is 5.32 Å². The van der Waals surface area contributed by atoms with Crippen LogP contribution in [0.15, 0.2) is 35.7 Å². The van der Waals surface area contributed by atoms with Gasteiger partial charge in [-0.05, 0) is 18.4 Å². The minimum Gasteiger partial charge on any atom is -0.390 e. The lowest BCUT2D eigenvalue weighted by Gasteiger charge is -2.33. The number of aliphatic hydroxyl groups is 2. The zero-order valence-corrected chi connectivity index (χ0v) is 17.2. The third-order valence-electron chi connectivity index (χ3n) is 4.79. The summed E-state index contributed by atoms with van der Waals surface area (Å²) in [6.45, 7) is 0.158. The van der Waals surface area contributed by atoms with E-state index >= 15 is 0 Å². The molecule has 3 N–H and O–H groups in total. The number of ether oxygens (including phenoxy) is 1. The molecule has 0 unspecified atom stereocenters. The number of hydrogen-bond donors (Lipinski definition) is 3. The Bertz CT molecular complexity index is 967. The van der Waals surface area contributed by atoms with Gasteiger partial charge in [0.1, 0.15) is 5.01 Å². The van der Waals surface area contributed by atoms with Crippen molar-refractivity contribution in [3.8, 4) is 10.6 Å². The Morgan fingerprint density at radius 2 is 1.97 bits per heavy atom. The predicted molar refractivity (Wildman–Crippen MR) is 111 cm³/mol. The fourth-order valence-corrected chi connectivity index (χ4v) is 4.79. The van der Waals surface area contributed by atoms with Crippen molar-refractivity contribution in [3.05, 3.63) is 52.0 Å². The van der Waals surface area contributed by atoms with Crippen molar-refractivity contribution in [1.82, 2.24) is 9.97 Å². The molecule has 3 aromatic rings. The molecule has 4 rings (SSSR count). The largest absolute Gasteiger partial charge is 0.390 e. The van der Waals surface area contributed by atoms with Gasteiger partial charge in [0, 0.05) is 11.3 Å². The van der Waals surface area contributed by atoms with Gasteiger partial charge >= 0.3 is 0 Å². The number of carbonyl (C=O) groups excluding carboxylic acids is 1. The van der Waals surface area contributed by atoms with Crippen LogP contribution < -0.4 is 5.32 Å². The first kappa shape index (κ1) is 20.1. The Balaban J connectivity index is 1.28. The topological polar surface area (TPSA) is 105 Å². The van der Waals surface area contributed by atoms with Crippen molar-refractivity contribution in [1.29, 1.82) is 0 Å². The molecule has 29 heavy (non-hydrogen) atoms. The summed E-state index contributed by atoms with van der Waals surface area (Å²) in [4.78, 5) is 21.8. The molecule has 0 radical (unpaired) electrons. The first-order valence-electron chi connectivity index (χ1n) is 9.29. The molecular formula is C20H21N3O4S2. The van der Waals surface area contributed by atoms with E-state index in [1.807, 2.05) is 35.7 Å². The Kier molecular flexibility index (Phi) is 6.31. The van der Waals surface area contributed by atoms with E-state index in [2.05, 4.69) is 15.3 Å². The molecule has 0 aliphatic heterocycles. The lowest BCUT2D eigenvalue weighted by atomic mass is 9.81. The number of nitrogens with zero attached hydrogens (tertiary/aromatic N) is 2. The third-order valence-corrected chi connectivity index (χ3v) is 6.65. The second-order valence-corrected chi connectivity index (χ2v) is 8.76. The minimum absolute atomic E-state index is 0.0480. The van der Waals surface area contributed by atoms with E-state index in [9.17, 15) is 15.0 Å². The maximum Gasteiger partial charge on any atom is 0.229 e. The van der Waals surface area contributed by atoms with Crippen LogP contribution in [0, 0.1) is 5.92 Å². The molecule has 0 atom stereocenters. The fourth-order valence-electron chi connectivity index (χ4n) is 3.12. The first-order chi connectivity index (χ1) is 14.2. The van der Waals surface area contributed by atoms with Crippen LogP contribution in [-0.4, -0.2) is 32.2 Å². The molecule has 1 amide bonds. The highest BCUT2D eigenvalue weighted by Gasteiger charge is 2.35. The van der Waals surface area contributed by atoms with Gasteiger partial charge in [-0.2, -0.15) is 0 Å². The molecule has 1 saturated carbocycles. The van der Waals surface area contributed by atoms with E-state index in [0.29, 0.717) is 45.9 Å². The maximum atomic E-state index is 12.5. The molecule has 1 aliphatic rings. The number of aromatic nitrogens is 2. The SMILES string of the molecule is O=C(Nc1nc(-c2sc(CO)nc2CO)cs1)[C@H]1C[C@H](OCc2ccccc2)C1. The van der Waals surface area contributed by atoms with Gasteiger partial charge in [-0.15, -0.1) is 22.7 Å². The molecule has 7 nitrogen and oxygen atoms in total. The zero-order valence-electron chi connectivity index (χ0n) is 15.6. The number of hydrogen-bond acceptors (Lipinski definition) is 8. The van der Waals surface area contributed by atoms with Gasteiger partial charge in [0.2, 0.25) is 5.91 Å². The fraction of sp³-hybridized carbons (Fsp3) is 0.350. The van der Waals surface area contributed by atoms with Crippen molar-refractivity contribution >= 4 is 33.7 Å². The molecule has 0 spiro atoms. The molecule has 2 aromatic heterocycles. The van der Waals surface area contributed by atoms with Crippen molar-refractivity contribution in [3.63, 3.8) is 0 Å². The Morgan fingerprint density at radius 3 is 2.69 bits per heavy atom. The molecule has 152 valence electrons. The third kappa shape index (κ3) is 4.71. The number of aliphatic hydroxyl groups excluding tert-OH is 2. The number of rotatable bonds is 8. The van der Waals surface area contributed by atoms with Gasteiger partial charge in [0.15, 0.2) is 5.13 Å². The van der Waals surface area contributed by atoms with Gasteiger partial charge in [0.05, 0.1) is 42.2 Å². The molecule has 1 aromatic carbocycles. The summed E-state index contributed by atoms with van der Waals surface area (Å²) in [5.74, 6) is -0.117. The van der Waals surface area contributed by atoms with E-state index in [-0.39, 0.29) is 31.1 Å². The average Bonchev–Trinajstić information content (AvgIpc) is 3.33. The summed E-state index contributed by atoms with van der Waals surface area (Å²) in [5.41, 5.74) is 2.26. The average molecular weight is 432 g/mol. The van der Waals surface area contributed by atoms with Crippen LogP contribution in [0.3, 0.4) is 0 Å². The molecule has 9 heteroatoms. The second-order valence-electron chi connectivity index (χ2n) is 6.81. The molecule has 1 fully saturated rings. The Morgan fingerprint density at radius 1 is 1.17 bits per heavy atom. The highest BCUT2D eigenvalue weighted by Crippen LogP contribution is 2.35. The zero-order chi connectivity index (χ0) is 20.2. The summed E-state index contributed by atoms with van der Waals surface area (Å²) in [5, 5.41) is 24.4. The number of benzene rings is 1. The summed E-state index contributed by atoms with van der Waals surface area (Å²) >= 11 is 2.62. The first-order valence-corrected chi connectivity index (χ1v) is 11.0. The predicted octanol–water partition coefficient (Wildman–Crippen LogP) is 3.19. The molecule has 2 heterocycles. The van der Waals surface area contributed by atoms with Crippen LogP contribution >= 0.6 is 22.7 Å². The number of carbonyl (C=O) groups is 1. The maximum absolute atomic E-state index is 12.5. The van der Waals surface area contributed by atoms with Gasteiger partial charge in [-0.3, -0.25) is 4.79 Å². The van der Waals surface area contributed by atoms with Crippen LogP contribution in [0.2, 0.25) is 0 Å². The van der Waals surface area contributed by atoms with Gasteiger partial charge < -0.3 is 20.3 Å². The van der Waals surface area contributed by atoms with Crippen molar-refractivity contribution in [2.24, 2.45) is 5.92 Å². The van der Waals surface area contributed by atoms with Gasteiger partial charge in [0.25, 0.3) is 0 Å². The van der Waals surface area contributed by atoms with Crippen LogP contribution in [0.1, 0.15) is 29.1 Å². The highest BCUT2D eigenvalue weighted by molar-refractivity contribution is 7.17. The number of nitrogens with one attached hydrogen (secondary N) is 1. The summed E-state index contributed by atoms with van der Waals surface area (Å²) in [7, 11) is 0. The van der Waals surface area contributed by atoms with Gasteiger partial charge in [-0.1, -0.05) is 30.3 Å². The molecule has 1 aliphatic carbocycles. The van der Waals surface area contributed by atoms with E-state index < -0.39 is 0 Å². The standard InChI is InChI=1S/C20H21N3O4S2/c24-8-15-18(29-17(9-25)21-15)16-11-28-20(22-16)23-19(26)13-6-14(7-13)27-10-12-4-2-1-3-5-12/h1-5,11,13-14,24-25H,6-10H2,(H,22,23,26)/t13-,14-. The lowest BCUT2D eigenvalue weighted by Crippen LogP contribution is -2.39. The lowest BCUT2D eigenvalue weighted by molar-refractivity contribution is -0.129. The molecule has 0 saturated heterocycles. The van der Waals surface area contributed by atoms with Crippen LogP contribution in [0.5, 0.6) is 0 Å². The second kappa shape index (κ2) is 9.10. The van der Waals surface area contributed by atoms with E-state index in [1.54, 1.807) is 0 Å². The summed E-state index contributed by atoms with van der Waals surface area (Å²) in [6, 6.07) is 9.99. The van der Waals surface area contributed by atoms with Crippen molar-refractivity contribution < 1.29 is 19.7 Å². The monoisotopic (exact) mass is 431 g/mol. The minimum atomic E-state index is -0.225. The van der Waals surface area contributed by atoms with Crippen LogP contribution in [0.25, 0.3) is 10.6 Å². The van der Waals surface area contributed by atoms with Crippen LogP contribution in [0.4, 0.5) is 5.13 Å². The summed E-state index contributed by atoms with van der Waals surface area (Å²) < 4.78 is 5.85. The highest BCUT2D eigenvalue weighted by atomic mass is 32.1. The summed E-state index contributed by atoms with van der Waals surface area (Å²) in [6.07, 6.45) is 1.53. The number of anilines is 1. The molecule has 0 bridgehead atoms. The number of amides is 1. The Hall–Kier alpha value is -2.17. The normalized spacial score (nSPS) is 18.4. The Labute approximate surface area is 176 Å². The van der Waals surface area contributed by atoms with E-state index in [0.717, 1.165) is 5.56 Å². The smallest absolute Gasteiger partial charge is 0.229 e. The van der Waals surface area contributed by atoms with E-state index in [1.165, 1.54) is 22.7 Å². The number of thiazole rings is 2. The van der Waals surface area contributed by atoms with Crippen molar-refractivity contribution in [2.45, 2.75) is 38.8 Å². The van der Waals surface area contributed by atoms with E-state index in [4.69, 9.17) is 4.74 Å².